The average Bonchev–Trinajstić information content (AvgIpc) is 3.14. The fourth-order valence-electron chi connectivity index (χ4n) is 2.47. The van der Waals surface area contributed by atoms with Crippen molar-refractivity contribution in [3.63, 3.8) is 0 Å². The summed E-state index contributed by atoms with van der Waals surface area (Å²) < 4.78 is 14.8. The molecular weight excluding hydrogens is 299 g/mol. The number of halogens is 1. The first-order chi connectivity index (χ1) is 11.0. The van der Waals surface area contributed by atoms with Crippen molar-refractivity contribution in [2.45, 2.75) is 20.0 Å². The fraction of sp³-hybridized carbons (Fsp3) is 0.333. The third-order valence-corrected chi connectivity index (χ3v) is 3.61. The van der Waals surface area contributed by atoms with E-state index in [1.807, 2.05) is 6.92 Å². The minimum absolute atomic E-state index is 0.0212. The van der Waals surface area contributed by atoms with E-state index in [4.69, 9.17) is 0 Å². The quantitative estimate of drug-likeness (QED) is 0.775. The van der Waals surface area contributed by atoms with Crippen molar-refractivity contribution in [3.05, 3.63) is 42.5 Å². The lowest BCUT2D eigenvalue weighted by Gasteiger charge is -2.20. The molecule has 1 N–H and O–H groups in total. The molecule has 0 unspecified atom stereocenters. The van der Waals surface area contributed by atoms with Gasteiger partial charge in [-0.25, -0.2) is 14.4 Å². The molecule has 2 heterocycles. The van der Waals surface area contributed by atoms with Crippen LogP contribution in [0.1, 0.15) is 12.7 Å². The highest BCUT2D eigenvalue weighted by atomic mass is 19.1. The highest BCUT2D eigenvalue weighted by molar-refractivity contribution is 5.78. The summed E-state index contributed by atoms with van der Waals surface area (Å²) in [5.74, 6) is 0.0450. The molecule has 0 aliphatic carbocycles. The molecule has 2 aromatic heterocycles. The van der Waals surface area contributed by atoms with E-state index < -0.39 is 0 Å². The topological polar surface area (TPSA) is 79.7 Å². The molecule has 0 aliphatic rings. The molecule has 0 aliphatic heterocycles. The van der Waals surface area contributed by atoms with E-state index >= 15 is 0 Å². The van der Waals surface area contributed by atoms with Gasteiger partial charge in [0.25, 0.3) is 0 Å². The predicted molar refractivity (Wildman–Crippen MR) is 81.7 cm³/mol. The van der Waals surface area contributed by atoms with Crippen molar-refractivity contribution in [3.8, 4) is 0 Å². The second-order valence-corrected chi connectivity index (χ2v) is 5.56. The summed E-state index contributed by atoms with van der Waals surface area (Å²) in [6, 6.07) is 4.36. The van der Waals surface area contributed by atoms with Gasteiger partial charge in [0.05, 0.1) is 30.0 Å². The van der Waals surface area contributed by atoms with Crippen LogP contribution in [0.4, 0.5) is 4.39 Å². The van der Waals surface area contributed by atoms with Gasteiger partial charge in [0.1, 0.15) is 24.3 Å². The van der Waals surface area contributed by atoms with Crippen LogP contribution in [0.15, 0.2) is 30.9 Å². The number of aromatic amines is 1. The lowest BCUT2D eigenvalue weighted by atomic mass is 10.1. The molecule has 7 nitrogen and oxygen atoms in total. The maximum absolute atomic E-state index is 13.2. The Morgan fingerprint density at radius 2 is 2.30 bits per heavy atom. The van der Waals surface area contributed by atoms with Crippen LogP contribution in [0.3, 0.4) is 0 Å². The minimum atomic E-state index is -0.321. The molecule has 3 aromatic rings. The normalized spacial score (nSPS) is 12.5. The number of hydrogen-bond acceptors (Lipinski definition) is 4. The number of fused-ring (bicyclic) bond motifs is 1. The van der Waals surface area contributed by atoms with Gasteiger partial charge in [-0.05, 0) is 18.2 Å². The minimum Gasteiger partial charge on any atom is -0.340 e. The van der Waals surface area contributed by atoms with E-state index in [-0.39, 0.29) is 17.6 Å². The molecule has 0 radical (unpaired) electrons. The number of imidazole rings is 1. The first-order valence-electron chi connectivity index (χ1n) is 7.24. The van der Waals surface area contributed by atoms with E-state index in [2.05, 4.69) is 20.1 Å². The van der Waals surface area contributed by atoms with Gasteiger partial charge >= 0.3 is 0 Å². The van der Waals surface area contributed by atoms with E-state index in [1.54, 1.807) is 29.0 Å². The molecule has 3 rings (SSSR count). The van der Waals surface area contributed by atoms with Crippen LogP contribution < -0.4 is 0 Å². The Balaban J connectivity index is 1.66. The zero-order valence-electron chi connectivity index (χ0n) is 12.9. The summed E-state index contributed by atoms with van der Waals surface area (Å²) in [5, 5.41) is 4.00. The Kier molecular flexibility index (Phi) is 4.05. The second-order valence-electron chi connectivity index (χ2n) is 5.56. The van der Waals surface area contributed by atoms with Gasteiger partial charge < -0.3 is 9.88 Å². The van der Waals surface area contributed by atoms with Gasteiger partial charge in [-0.15, -0.1) is 0 Å². The largest absolute Gasteiger partial charge is 0.340 e. The Morgan fingerprint density at radius 3 is 3.04 bits per heavy atom. The van der Waals surface area contributed by atoms with E-state index in [1.165, 1.54) is 18.5 Å². The van der Waals surface area contributed by atoms with Crippen LogP contribution in [0.5, 0.6) is 0 Å². The SMILES string of the molecule is C[C@H](Cn1cncn1)C(=O)N(C)Cc1nc2ccc(F)cc2[nH]1. The molecule has 0 bridgehead atoms. The number of carbonyl (C=O) groups excluding carboxylic acids is 1. The van der Waals surface area contributed by atoms with Crippen molar-refractivity contribution < 1.29 is 9.18 Å². The Bertz CT molecular complexity index is 813. The molecular formula is C15H17FN6O. The van der Waals surface area contributed by atoms with Gasteiger partial charge in [0.2, 0.25) is 5.91 Å². The summed E-state index contributed by atoms with van der Waals surface area (Å²) in [4.78, 5) is 25.3. The second kappa shape index (κ2) is 6.15. The van der Waals surface area contributed by atoms with Crippen LogP contribution in [0.2, 0.25) is 0 Å². The van der Waals surface area contributed by atoms with Gasteiger partial charge in [-0.3, -0.25) is 9.48 Å². The van der Waals surface area contributed by atoms with E-state index in [0.717, 1.165) is 0 Å². The molecule has 120 valence electrons. The van der Waals surface area contributed by atoms with Crippen molar-refractivity contribution in [2.75, 3.05) is 7.05 Å². The fourth-order valence-corrected chi connectivity index (χ4v) is 2.47. The molecule has 0 saturated heterocycles. The third-order valence-electron chi connectivity index (χ3n) is 3.61. The average molecular weight is 316 g/mol. The molecule has 0 saturated carbocycles. The standard InChI is InChI=1S/C15H17FN6O/c1-10(6-22-9-17-8-18-22)15(23)21(2)7-14-19-12-4-3-11(16)5-13(12)20-14/h3-5,8-10H,6-7H2,1-2H3,(H,19,20)/t10-/m1/s1. The highest BCUT2D eigenvalue weighted by Crippen LogP contribution is 2.14. The van der Waals surface area contributed by atoms with Crippen molar-refractivity contribution in [2.24, 2.45) is 5.92 Å². The van der Waals surface area contributed by atoms with Crippen molar-refractivity contribution in [1.29, 1.82) is 0 Å². The monoisotopic (exact) mass is 316 g/mol. The summed E-state index contributed by atoms with van der Waals surface area (Å²) >= 11 is 0. The van der Waals surface area contributed by atoms with Crippen LogP contribution in [-0.4, -0.2) is 42.6 Å². The molecule has 1 amide bonds. The van der Waals surface area contributed by atoms with Gasteiger partial charge in [0.15, 0.2) is 0 Å². The lowest BCUT2D eigenvalue weighted by molar-refractivity contribution is -0.134. The predicted octanol–water partition coefficient (Wildman–Crippen LogP) is 1.59. The van der Waals surface area contributed by atoms with Crippen LogP contribution in [-0.2, 0) is 17.9 Å². The maximum atomic E-state index is 13.2. The first-order valence-corrected chi connectivity index (χ1v) is 7.24. The van der Waals surface area contributed by atoms with Crippen molar-refractivity contribution in [1.82, 2.24) is 29.6 Å². The Hall–Kier alpha value is -2.77. The van der Waals surface area contributed by atoms with Crippen LogP contribution >= 0.6 is 0 Å². The molecule has 8 heteroatoms. The lowest BCUT2D eigenvalue weighted by Crippen LogP contribution is -2.33. The summed E-state index contributed by atoms with van der Waals surface area (Å²) in [5.41, 5.74) is 1.30. The molecule has 1 atom stereocenters. The van der Waals surface area contributed by atoms with Crippen molar-refractivity contribution >= 4 is 16.9 Å². The molecule has 0 fully saturated rings. The first kappa shape index (κ1) is 15.1. The summed E-state index contributed by atoms with van der Waals surface area (Å²) in [6.45, 7) is 2.64. The van der Waals surface area contributed by atoms with Gasteiger partial charge in [0, 0.05) is 7.05 Å². The number of aromatic nitrogens is 5. The van der Waals surface area contributed by atoms with Gasteiger partial charge in [-0.2, -0.15) is 5.10 Å². The third kappa shape index (κ3) is 3.36. The summed E-state index contributed by atoms with van der Waals surface area (Å²) in [6.07, 6.45) is 3.02. The number of nitrogens with zero attached hydrogens (tertiary/aromatic N) is 5. The van der Waals surface area contributed by atoms with Gasteiger partial charge in [-0.1, -0.05) is 6.92 Å². The maximum Gasteiger partial charge on any atom is 0.227 e. The Labute approximate surface area is 132 Å². The zero-order chi connectivity index (χ0) is 16.4. The molecule has 23 heavy (non-hydrogen) atoms. The number of nitrogens with one attached hydrogen (secondary N) is 1. The number of rotatable bonds is 5. The summed E-state index contributed by atoms with van der Waals surface area (Å²) in [7, 11) is 1.72. The zero-order valence-corrected chi connectivity index (χ0v) is 12.9. The Morgan fingerprint density at radius 1 is 1.48 bits per heavy atom. The smallest absolute Gasteiger partial charge is 0.227 e. The van der Waals surface area contributed by atoms with Crippen LogP contribution in [0.25, 0.3) is 11.0 Å². The van der Waals surface area contributed by atoms with Crippen LogP contribution in [0, 0.1) is 11.7 Å². The van der Waals surface area contributed by atoms with E-state index in [0.29, 0.717) is 29.9 Å². The van der Waals surface area contributed by atoms with E-state index in [9.17, 15) is 9.18 Å². The number of amides is 1. The number of carbonyl (C=O) groups is 1. The highest BCUT2D eigenvalue weighted by Gasteiger charge is 2.19. The molecule has 0 spiro atoms. The molecule has 1 aromatic carbocycles. The number of H-pyrrole nitrogens is 1. The number of benzene rings is 1. The number of hydrogen-bond donors (Lipinski definition) is 1.